The molecule has 1 fully saturated rings. The summed E-state index contributed by atoms with van der Waals surface area (Å²) in [5.41, 5.74) is 0. The van der Waals surface area contributed by atoms with Gasteiger partial charge in [-0.05, 0) is 31.0 Å². The van der Waals surface area contributed by atoms with E-state index >= 15 is 0 Å². The molecule has 1 unspecified atom stereocenters. The van der Waals surface area contributed by atoms with Crippen molar-refractivity contribution in [3.8, 4) is 0 Å². The number of nitrogens with one attached hydrogen (secondary N) is 1. The van der Waals surface area contributed by atoms with Crippen molar-refractivity contribution in [1.29, 1.82) is 0 Å². The zero-order valence-electron chi connectivity index (χ0n) is 7.96. The van der Waals surface area contributed by atoms with Crippen LogP contribution in [0.25, 0.3) is 0 Å². The summed E-state index contributed by atoms with van der Waals surface area (Å²) in [5.74, 6) is 0.699. The van der Waals surface area contributed by atoms with Crippen molar-refractivity contribution < 1.29 is 4.74 Å². The number of rotatable bonds is 4. The maximum absolute atomic E-state index is 5.82. The van der Waals surface area contributed by atoms with Crippen LogP contribution in [-0.2, 0) is 11.3 Å². The van der Waals surface area contributed by atoms with Gasteiger partial charge in [-0.3, -0.25) is 0 Å². The maximum Gasteiger partial charge on any atom is 0.0932 e. The number of halogens is 1. The summed E-state index contributed by atoms with van der Waals surface area (Å²) in [5, 5.41) is 3.33. The summed E-state index contributed by atoms with van der Waals surface area (Å²) in [6.45, 7) is 3.81. The van der Waals surface area contributed by atoms with Crippen LogP contribution in [0.15, 0.2) is 12.1 Å². The van der Waals surface area contributed by atoms with Crippen molar-refractivity contribution >= 4 is 22.9 Å². The van der Waals surface area contributed by atoms with Crippen molar-refractivity contribution in [2.24, 2.45) is 5.92 Å². The Bertz CT molecular complexity index is 283. The Morgan fingerprint density at radius 2 is 2.50 bits per heavy atom. The van der Waals surface area contributed by atoms with Gasteiger partial charge in [0, 0.05) is 11.4 Å². The number of hydrogen-bond acceptors (Lipinski definition) is 3. The van der Waals surface area contributed by atoms with Gasteiger partial charge < -0.3 is 10.1 Å². The van der Waals surface area contributed by atoms with E-state index in [9.17, 15) is 0 Å². The Labute approximate surface area is 93.2 Å². The lowest BCUT2D eigenvalue weighted by Crippen LogP contribution is -2.13. The molecule has 0 spiro atoms. The molecule has 1 aromatic heterocycles. The minimum atomic E-state index is 0.699. The standard InChI is InChI=1S/C10H14ClNOS/c11-10-2-1-9(14-10)7-13-6-8-3-4-12-5-8/h1-2,8,12H,3-7H2. The highest BCUT2D eigenvalue weighted by Gasteiger charge is 2.14. The Hall–Kier alpha value is -0.0900. The molecule has 0 bridgehead atoms. The minimum absolute atomic E-state index is 0.699. The fourth-order valence-electron chi connectivity index (χ4n) is 1.61. The van der Waals surface area contributed by atoms with Crippen LogP contribution in [0, 0.1) is 5.92 Å². The first-order chi connectivity index (χ1) is 6.84. The first-order valence-corrected chi connectivity index (χ1v) is 6.07. The first kappa shape index (κ1) is 10.4. The summed E-state index contributed by atoms with van der Waals surface area (Å²) < 4.78 is 6.47. The summed E-state index contributed by atoms with van der Waals surface area (Å²) in [4.78, 5) is 1.21. The molecular weight excluding hydrogens is 218 g/mol. The highest BCUT2D eigenvalue weighted by atomic mass is 35.5. The highest BCUT2D eigenvalue weighted by Crippen LogP contribution is 2.22. The number of thiophene rings is 1. The second kappa shape index (κ2) is 5.12. The van der Waals surface area contributed by atoms with Gasteiger partial charge in [0.05, 0.1) is 17.6 Å². The molecular formula is C10H14ClNOS. The van der Waals surface area contributed by atoms with Gasteiger partial charge >= 0.3 is 0 Å². The second-order valence-electron chi connectivity index (χ2n) is 3.58. The monoisotopic (exact) mass is 231 g/mol. The normalized spacial score (nSPS) is 21.6. The molecule has 0 aromatic carbocycles. The Morgan fingerprint density at radius 3 is 3.14 bits per heavy atom. The summed E-state index contributed by atoms with van der Waals surface area (Å²) in [6, 6.07) is 3.95. The second-order valence-corrected chi connectivity index (χ2v) is 5.38. The zero-order chi connectivity index (χ0) is 9.80. The van der Waals surface area contributed by atoms with Gasteiger partial charge in [-0.15, -0.1) is 11.3 Å². The smallest absolute Gasteiger partial charge is 0.0932 e. The van der Waals surface area contributed by atoms with E-state index in [1.807, 2.05) is 12.1 Å². The van der Waals surface area contributed by atoms with Crippen LogP contribution < -0.4 is 5.32 Å². The van der Waals surface area contributed by atoms with E-state index in [4.69, 9.17) is 16.3 Å². The van der Waals surface area contributed by atoms with Crippen LogP contribution >= 0.6 is 22.9 Å². The molecule has 0 aliphatic carbocycles. The molecule has 2 heterocycles. The molecule has 14 heavy (non-hydrogen) atoms. The van der Waals surface area contributed by atoms with Gasteiger partial charge in [-0.25, -0.2) is 0 Å². The molecule has 0 amide bonds. The lowest BCUT2D eigenvalue weighted by molar-refractivity contribution is 0.0943. The van der Waals surface area contributed by atoms with Crippen molar-refractivity contribution in [2.75, 3.05) is 19.7 Å². The predicted octanol–water partition coefficient (Wildman–Crippen LogP) is 2.53. The first-order valence-electron chi connectivity index (χ1n) is 4.87. The average Bonchev–Trinajstić information content (AvgIpc) is 2.77. The van der Waals surface area contributed by atoms with Gasteiger partial charge in [0.2, 0.25) is 0 Å². The van der Waals surface area contributed by atoms with Crippen LogP contribution in [0.3, 0.4) is 0 Å². The third-order valence-corrected chi connectivity index (χ3v) is 3.59. The van der Waals surface area contributed by atoms with E-state index in [0.717, 1.165) is 24.0 Å². The molecule has 0 radical (unpaired) electrons. The number of hydrogen-bond donors (Lipinski definition) is 1. The lowest BCUT2D eigenvalue weighted by Gasteiger charge is -2.07. The molecule has 0 saturated carbocycles. The van der Waals surface area contributed by atoms with E-state index in [0.29, 0.717) is 12.5 Å². The molecule has 1 N–H and O–H groups in total. The Balaban J connectivity index is 1.67. The van der Waals surface area contributed by atoms with E-state index in [-0.39, 0.29) is 0 Å². The van der Waals surface area contributed by atoms with Gasteiger partial charge in [-0.1, -0.05) is 11.6 Å². The third kappa shape index (κ3) is 2.95. The Kier molecular flexibility index (Phi) is 3.81. The zero-order valence-corrected chi connectivity index (χ0v) is 9.53. The van der Waals surface area contributed by atoms with Gasteiger partial charge in [0.15, 0.2) is 0 Å². The summed E-state index contributed by atoms with van der Waals surface area (Å²) in [7, 11) is 0. The lowest BCUT2D eigenvalue weighted by atomic mass is 10.1. The van der Waals surface area contributed by atoms with E-state index in [1.165, 1.54) is 11.3 Å². The molecule has 1 aliphatic heterocycles. The van der Waals surface area contributed by atoms with Crippen LogP contribution in [-0.4, -0.2) is 19.7 Å². The highest BCUT2D eigenvalue weighted by molar-refractivity contribution is 7.16. The van der Waals surface area contributed by atoms with Gasteiger partial charge in [0.1, 0.15) is 0 Å². The fourth-order valence-corrected chi connectivity index (χ4v) is 2.64. The summed E-state index contributed by atoms with van der Waals surface area (Å²) >= 11 is 7.41. The van der Waals surface area contributed by atoms with Crippen LogP contribution in [0.2, 0.25) is 4.34 Å². The third-order valence-electron chi connectivity index (χ3n) is 2.39. The van der Waals surface area contributed by atoms with Crippen LogP contribution in [0.5, 0.6) is 0 Å². The fraction of sp³-hybridized carbons (Fsp3) is 0.600. The molecule has 2 nitrogen and oxygen atoms in total. The SMILES string of the molecule is Clc1ccc(COCC2CCNC2)s1. The van der Waals surface area contributed by atoms with Crippen molar-refractivity contribution in [1.82, 2.24) is 5.32 Å². The topological polar surface area (TPSA) is 21.3 Å². The van der Waals surface area contributed by atoms with E-state index < -0.39 is 0 Å². The molecule has 1 atom stereocenters. The molecule has 78 valence electrons. The van der Waals surface area contributed by atoms with E-state index in [2.05, 4.69) is 5.32 Å². The van der Waals surface area contributed by atoms with Gasteiger partial charge in [0.25, 0.3) is 0 Å². The van der Waals surface area contributed by atoms with Gasteiger partial charge in [-0.2, -0.15) is 0 Å². The molecule has 1 aliphatic rings. The van der Waals surface area contributed by atoms with Crippen molar-refractivity contribution in [3.05, 3.63) is 21.3 Å². The molecule has 1 saturated heterocycles. The average molecular weight is 232 g/mol. The van der Waals surface area contributed by atoms with Crippen LogP contribution in [0.4, 0.5) is 0 Å². The largest absolute Gasteiger partial charge is 0.376 e. The van der Waals surface area contributed by atoms with Crippen molar-refractivity contribution in [3.63, 3.8) is 0 Å². The minimum Gasteiger partial charge on any atom is -0.376 e. The molecule has 1 aromatic rings. The molecule has 4 heteroatoms. The predicted molar refractivity (Wildman–Crippen MR) is 60.0 cm³/mol. The maximum atomic E-state index is 5.82. The van der Waals surface area contributed by atoms with Crippen LogP contribution in [0.1, 0.15) is 11.3 Å². The van der Waals surface area contributed by atoms with E-state index in [1.54, 1.807) is 11.3 Å². The van der Waals surface area contributed by atoms with Crippen molar-refractivity contribution in [2.45, 2.75) is 13.0 Å². The Morgan fingerprint density at radius 1 is 1.57 bits per heavy atom. The quantitative estimate of drug-likeness (QED) is 0.860. The molecule has 2 rings (SSSR count). The number of ether oxygens (including phenoxy) is 1. The summed E-state index contributed by atoms with van der Waals surface area (Å²) in [6.07, 6.45) is 1.24.